The third kappa shape index (κ3) is 1.31. The molecular weight excluding hydrogens is 210 g/mol. The molecule has 0 saturated heterocycles. The number of benzene rings is 1. The van der Waals surface area contributed by atoms with Gasteiger partial charge < -0.3 is 4.98 Å². The minimum Gasteiger partial charge on any atom is -0.305 e. The van der Waals surface area contributed by atoms with Crippen LogP contribution in [0.3, 0.4) is 0 Å². The first kappa shape index (κ1) is 8.79. The largest absolute Gasteiger partial charge is 0.332 e. The van der Waals surface area contributed by atoms with Gasteiger partial charge in [-0.1, -0.05) is 23.9 Å². The molecule has 0 spiro atoms. The lowest BCUT2D eigenvalue weighted by Crippen LogP contribution is -2.21. The van der Waals surface area contributed by atoms with Crippen LogP contribution in [-0.4, -0.2) is 27.0 Å². The van der Waals surface area contributed by atoms with E-state index < -0.39 is 0 Å². The summed E-state index contributed by atoms with van der Waals surface area (Å²) in [5.41, 5.74) is 1.65. The Bertz CT molecular complexity index is 596. The molecule has 1 aromatic carbocycles. The Morgan fingerprint density at radius 1 is 1.40 bits per heavy atom. The van der Waals surface area contributed by atoms with E-state index in [1.807, 2.05) is 24.3 Å². The fourth-order valence-electron chi connectivity index (χ4n) is 1.70. The van der Waals surface area contributed by atoms with Crippen LogP contribution in [0, 0.1) is 0 Å². The first-order chi connectivity index (χ1) is 7.36. The average Bonchev–Trinajstić information content (AvgIpc) is 2.82. The monoisotopic (exact) mass is 219 g/mol. The predicted octanol–water partition coefficient (Wildman–Crippen LogP) is 1.28. The number of fused-ring (bicyclic) bond motifs is 1. The van der Waals surface area contributed by atoms with Gasteiger partial charge in [-0.15, -0.1) is 0 Å². The molecule has 0 amide bonds. The van der Waals surface area contributed by atoms with E-state index in [9.17, 15) is 4.79 Å². The minimum absolute atomic E-state index is 0.107. The Morgan fingerprint density at radius 3 is 3.07 bits per heavy atom. The third-order valence-corrected chi connectivity index (χ3v) is 3.31. The van der Waals surface area contributed by atoms with Crippen molar-refractivity contribution in [2.24, 2.45) is 4.99 Å². The van der Waals surface area contributed by atoms with Crippen LogP contribution in [-0.2, 0) is 0 Å². The predicted molar refractivity (Wildman–Crippen MR) is 62.7 cm³/mol. The zero-order valence-electron chi connectivity index (χ0n) is 7.93. The van der Waals surface area contributed by atoms with Crippen LogP contribution >= 0.6 is 11.8 Å². The van der Waals surface area contributed by atoms with Gasteiger partial charge in [-0.2, -0.15) is 0 Å². The molecule has 15 heavy (non-hydrogen) atoms. The Balaban J connectivity index is 2.33. The Labute approximate surface area is 90.0 Å². The van der Waals surface area contributed by atoms with E-state index >= 15 is 0 Å². The maximum atomic E-state index is 11.7. The summed E-state index contributed by atoms with van der Waals surface area (Å²) < 4.78 is 1.65. The van der Waals surface area contributed by atoms with Crippen molar-refractivity contribution in [3.8, 4) is 0 Å². The van der Waals surface area contributed by atoms with Crippen molar-refractivity contribution in [2.45, 2.75) is 0 Å². The van der Waals surface area contributed by atoms with Crippen LogP contribution in [0.25, 0.3) is 11.0 Å². The van der Waals surface area contributed by atoms with E-state index in [1.54, 1.807) is 16.3 Å². The van der Waals surface area contributed by atoms with Crippen LogP contribution in [0.2, 0.25) is 0 Å². The van der Waals surface area contributed by atoms with Crippen molar-refractivity contribution in [1.29, 1.82) is 0 Å². The Hall–Kier alpha value is -1.49. The van der Waals surface area contributed by atoms with Gasteiger partial charge in [-0.3, -0.25) is 4.99 Å². The number of hydrogen-bond acceptors (Lipinski definition) is 3. The van der Waals surface area contributed by atoms with Crippen LogP contribution in [0.4, 0.5) is 0 Å². The second-order valence-electron chi connectivity index (χ2n) is 3.30. The summed E-state index contributed by atoms with van der Waals surface area (Å²) in [4.78, 5) is 18.9. The molecule has 0 unspecified atom stereocenters. The molecule has 0 atom stereocenters. The minimum atomic E-state index is -0.107. The van der Waals surface area contributed by atoms with Gasteiger partial charge in [0.25, 0.3) is 0 Å². The molecule has 5 heteroatoms. The average molecular weight is 219 g/mol. The number of H-pyrrole nitrogens is 1. The van der Waals surface area contributed by atoms with Crippen molar-refractivity contribution < 1.29 is 0 Å². The summed E-state index contributed by atoms with van der Waals surface area (Å²) in [5.74, 6) is 0.960. The van der Waals surface area contributed by atoms with Gasteiger partial charge in [0.05, 0.1) is 17.6 Å². The highest BCUT2D eigenvalue weighted by atomic mass is 32.2. The topological polar surface area (TPSA) is 50.1 Å². The quantitative estimate of drug-likeness (QED) is 0.725. The number of aromatic nitrogens is 2. The van der Waals surface area contributed by atoms with Gasteiger partial charge >= 0.3 is 5.69 Å². The summed E-state index contributed by atoms with van der Waals surface area (Å²) >= 11 is 1.62. The van der Waals surface area contributed by atoms with E-state index in [-0.39, 0.29) is 5.69 Å². The SMILES string of the molecule is O=c1[nH]c2ccccc2n1C1=NCCS1. The first-order valence-electron chi connectivity index (χ1n) is 4.73. The summed E-state index contributed by atoms with van der Waals surface area (Å²) in [6, 6.07) is 7.65. The van der Waals surface area contributed by atoms with Gasteiger partial charge in [0.2, 0.25) is 0 Å². The van der Waals surface area contributed by atoms with E-state index in [1.165, 1.54) is 0 Å². The zero-order chi connectivity index (χ0) is 10.3. The number of hydrogen-bond donors (Lipinski definition) is 1. The number of thioether (sulfide) groups is 1. The lowest BCUT2D eigenvalue weighted by molar-refractivity contribution is 1.07. The molecule has 76 valence electrons. The highest BCUT2D eigenvalue weighted by Crippen LogP contribution is 2.17. The van der Waals surface area contributed by atoms with Crippen molar-refractivity contribution >= 4 is 28.0 Å². The number of nitrogens with zero attached hydrogens (tertiary/aromatic N) is 2. The summed E-state index contributed by atoms with van der Waals surface area (Å²) in [6.45, 7) is 0.798. The molecule has 1 aliphatic rings. The maximum absolute atomic E-state index is 11.7. The molecule has 1 N–H and O–H groups in total. The van der Waals surface area contributed by atoms with Gasteiger partial charge in [0, 0.05) is 5.75 Å². The number of imidazole rings is 1. The lowest BCUT2D eigenvalue weighted by atomic mass is 10.3. The molecule has 1 aromatic heterocycles. The normalized spacial score (nSPS) is 15.9. The Kier molecular flexibility index (Phi) is 1.92. The lowest BCUT2D eigenvalue weighted by Gasteiger charge is -1.99. The fourth-order valence-corrected chi connectivity index (χ4v) is 2.56. The van der Waals surface area contributed by atoms with Gasteiger partial charge in [0.1, 0.15) is 0 Å². The van der Waals surface area contributed by atoms with Gasteiger partial charge in [0.15, 0.2) is 5.17 Å². The molecule has 1 aliphatic heterocycles. The summed E-state index contributed by atoms with van der Waals surface area (Å²) in [5, 5.41) is 0.803. The second-order valence-corrected chi connectivity index (χ2v) is 4.36. The molecule has 0 bridgehead atoms. The molecule has 3 rings (SSSR count). The number of aromatic amines is 1. The zero-order valence-corrected chi connectivity index (χ0v) is 8.75. The van der Waals surface area contributed by atoms with Crippen molar-refractivity contribution in [2.75, 3.05) is 12.3 Å². The van der Waals surface area contributed by atoms with E-state index in [0.717, 1.165) is 28.5 Å². The molecule has 4 nitrogen and oxygen atoms in total. The number of rotatable bonds is 0. The molecule has 0 fully saturated rings. The van der Waals surface area contributed by atoms with Gasteiger partial charge in [-0.25, -0.2) is 9.36 Å². The van der Waals surface area contributed by atoms with Crippen LogP contribution in [0.1, 0.15) is 0 Å². The summed E-state index contributed by atoms with van der Waals surface area (Å²) in [7, 11) is 0. The molecule has 2 aromatic rings. The number of nitrogens with one attached hydrogen (secondary N) is 1. The van der Waals surface area contributed by atoms with Gasteiger partial charge in [-0.05, 0) is 12.1 Å². The third-order valence-electron chi connectivity index (χ3n) is 2.35. The Morgan fingerprint density at radius 2 is 2.27 bits per heavy atom. The molecular formula is C10H9N3OS. The van der Waals surface area contributed by atoms with Crippen molar-refractivity contribution in [3.63, 3.8) is 0 Å². The van der Waals surface area contributed by atoms with Crippen LogP contribution < -0.4 is 5.69 Å². The summed E-state index contributed by atoms with van der Waals surface area (Å²) in [6.07, 6.45) is 0. The molecule has 0 radical (unpaired) electrons. The number of aliphatic imine (C=N–C) groups is 1. The second kappa shape index (κ2) is 3.27. The fraction of sp³-hybridized carbons (Fsp3) is 0.200. The highest BCUT2D eigenvalue weighted by Gasteiger charge is 2.15. The first-order valence-corrected chi connectivity index (χ1v) is 5.72. The maximum Gasteiger partial charge on any atom is 0.332 e. The van der Waals surface area contributed by atoms with E-state index in [2.05, 4.69) is 9.98 Å². The van der Waals surface area contributed by atoms with E-state index in [0.29, 0.717) is 0 Å². The van der Waals surface area contributed by atoms with Crippen molar-refractivity contribution in [1.82, 2.24) is 9.55 Å². The molecule has 0 saturated carbocycles. The molecule has 0 aliphatic carbocycles. The standard InChI is InChI=1S/C10H9N3OS/c14-9-12-7-3-1-2-4-8(7)13(9)10-11-5-6-15-10/h1-4H,5-6H2,(H,12,14). The van der Waals surface area contributed by atoms with Crippen LogP contribution in [0.15, 0.2) is 34.1 Å². The highest BCUT2D eigenvalue weighted by molar-refractivity contribution is 8.14. The molecule has 2 heterocycles. The van der Waals surface area contributed by atoms with E-state index in [4.69, 9.17) is 0 Å². The smallest absolute Gasteiger partial charge is 0.305 e. The van der Waals surface area contributed by atoms with Crippen molar-refractivity contribution in [3.05, 3.63) is 34.7 Å². The van der Waals surface area contributed by atoms with Crippen LogP contribution in [0.5, 0.6) is 0 Å². The number of para-hydroxylation sites is 2.